The molecule has 19 heavy (non-hydrogen) atoms. The predicted octanol–water partition coefficient (Wildman–Crippen LogP) is 3.72. The van der Waals surface area contributed by atoms with E-state index in [1.807, 2.05) is 17.7 Å². The fraction of sp³-hybridized carbons (Fsp3) is 0.429. The number of rotatable bonds is 6. The summed E-state index contributed by atoms with van der Waals surface area (Å²) < 4.78 is 0. The quantitative estimate of drug-likeness (QED) is 0.882. The number of hydrogen-bond acceptors (Lipinski definition) is 4. The van der Waals surface area contributed by atoms with Crippen LogP contribution in [0.25, 0.3) is 10.6 Å². The second-order valence-electron chi connectivity index (χ2n) is 4.59. The Morgan fingerprint density at radius 1 is 1.47 bits per heavy atom. The maximum atomic E-state index is 11.8. The van der Waals surface area contributed by atoms with Crippen LogP contribution in [0.2, 0.25) is 0 Å². The van der Waals surface area contributed by atoms with Crippen LogP contribution in [0.4, 0.5) is 0 Å². The Bertz CT molecular complexity index is 519. The summed E-state index contributed by atoms with van der Waals surface area (Å²) in [6.07, 6.45) is 2.47. The van der Waals surface area contributed by atoms with Crippen LogP contribution >= 0.6 is 22.7 Å². The van der Waals surface area contributed by atoms with Gasteiger partial charge in [0.05, 0.1) is 12.1 Å². The highest BCUT2D eigenvalue weighted by molar-refractivity contribution is 7.14. The lowest BCUT2D eigenvalue weighted by atomic mass is 10.2. The van der Waals surface area contributed by atoms with Crippen LogP contribution < -0.4 is 5.32 Å². The molecule has 2 rings (SSSR count). The average Bonchev–Trinajstić information content (AvgIpc) is 2.98. The van der Waals surface area contributed by atoms with Crippen LogP contribution in [-0.4, -0.2) is 16.9 Å². The summed E-state index contributed by atoms with van der Waals surface area (Å²) in [5.41, 5.74) is 1.99. The van der Waals surface area contributed by atoms with E-state index in [0.717, 1.165) is 29.1 Å². The number of carbonyl (C=O) groups excluding carboxylic acids is 1. The van der Waals surface area contributed by atoms with Crippen LogP contribution in [0.1, 0.15) is 32.4 Å². The first-order chi connectivity index (χ1) is 9.19. The van der Waals surface area contributed by atoms with E-state index in [1.54, 1.807) is 22.7 Å². The normalized spacial score (nSPS) is 12.3. The van der Waals surface area contributed by atoms with Crippen molar-refractivity contribution in [3.05, 3.63) is 27.9 Å². The third-order valence-corrected chi connectivity index (χ3v) is 4.41. The van der Waals surface area contributed by atoms with Crippen LogP contribution in [0.3, 0.4) is 0 Å². The van der Waals surface area contributed by atoms with Crippen LogP contribution in [-0.2, 0) is 11.2 Å². The number of nitrogens with zero attached hydrogens (tertiary/aromatic N) is 1. The number of hydrogen-bond donors (Lipinski definition) is 1. The molecule has 3 nitrogen and oxygen atoms in total. The van der Waals surface area contributed by atoms with Crippen molar-refractivity contribution >= 4 is 28.6 Å². The van der Waals surface area contributed by atoms with E-state index in [1.165, 1.54) is 0 Å². The number of amides is 1. The molecule has 0 aromatic carbocycles. The second kappa shape index (κ2) is 6.82. The highest BCUT2D eigenvalue weighted by Gasteiger charge is 2.11. The molecule has 1 amide bonds. The topological polar surface area (TPSA) is 42.0 Å². The van der Waals surface area contributed by atoms with Gasteiger partial charge in [0.1, 0.15) is 5.01 Å². The Hall–Kier alpha value is -1.20. The van der Waals surface area contributed by atoms with Crippen molar-refractivity contribution in [2.24, 2.45) is 0 Å². The zero-order valence-corrected chi connectivity index (χ0v) is 12.8. The average molecular weight is 294 g/mol. The molecule has 2 heterocycles. The number of thiophene rings is 1. The first-order valence-corrected chi connectivity index (χ1v) is 8.27. The van der Waals surface area contributed by atoms with Crippen molar-refractivity contribution in [1.82, 2.24) is 10.3 Å². The SMILES string of the molecule is CCCC(C)NC(=O)Cc1csc(-c2ccsc2)n1. The van der Waals surface area contributed by atoms with Gasteiger partial charge < -0.3 is 5.32 Å². The number of thiazole rings is 1. The molecule has 0 spiro atoms. The molecule has 0 fully saturated rings. The van der Waals surface area contributed by atoms with Gasteiger partial charge in [-0.1, -0.05) is 13.3 Å². The molecular formula is C14H18N2OS2. The summed E-state index contributed by atoms with van der Waals surface area (Å²) in [4.78, 5) is 16.4. The van der Waals surface area contributed by atoms with Gasteiger partial charge in [0.15, 0.2) is 0 Å². The largest absolute Gasteiger partial charge is 0.353 e. The van der Waals surface area contributed by atoms with Gasteiger partial charge in [0.2, 0.25) is 5.91 Å². The Labute approximate surface area is 121 Å². The molecule has 1 unspecified atom stereocenters. The smallest absolute Gasteiger partial charge is 0.226 e. The van der Waals surface area contributed by atoms with Gasteiger partial charge in [-0.2, -0.15) is 11.3 Å². The zero-order chi connectivity index (χ0) is 13.7. The first-order valence-electron chi connectivity index (χ1n) is 6.45. The Kier molecular flexibility index (Phi) is 5.10. The fourth-order valence-electron chi connectivity index (χ4n) is 1.90. The van der Waals surface area contributed by atoms with Crippen molar-refractivity contribution in [2.75, 3.05) is 0 Å². The third kappa shape index (κ3) is 4.14. The molecule has 0 saturated heterocycles. The molecule has 2 aromatic heterocycles. The zero-order valence-electron chi connectivity index (χ0n) is 11.2. The number of carbonyl (C=O) groups is 1. The maximum absolute atomic E-state index is 11.8. The van der Waals surface area contributed by atoms with Crippen LogP contribution in [0.15, 0.2) is 22.2 Å². The Balaban J connectivity index is 1.91. The van der Waals surface area contributed by atoms with Crippen molar-refractivity contribution in [3.63, 3.8) is 0 Å². The summed E-state index contributed by atoms with van der Waals surface area (Å²) in [5.74, 6) is 0.0584. The summed E-state index contributed by atoms with van der Waals surface area (Å²) in [7, 11) is 0. The maximum Gasteiger partial charge on any atom is 0.226 e. The van der Waals surface area contributed by atoms with E-state index in [2.05, 4.69) is 28.7 Å². The summed E-state index contributed by atoms with van der Waals surface area (Å²) >= 11 is 3.25. The third-order valence-electron chi connectivity index (χ3n) is 2.79. The van der Waals surface area contributed by atoms with E-state index in [-0.39, 0.29) is 11.9 Å². The molecule has 1 atom stereocenters. The lowest BCUT2D eigenvalue weighted by molar-refractivity contribution is -0.121. The minimum atomic E-state index is 0.0584. The highest BCUT2D eigenvalue weighted by atomic mass is 32.1. The second-order valence-corrected chi connectivity index (χ2v) is 6.23. The van der Waals surface area contributed by atoms with Crippen molar-refractivity contribution < 1.29 is 4.79 Å². The lowest BCUT2D eigenvalue weighted by Crippen LogP contribution is -2.33. The number of aromatic nitrogens is 1. The minimum absolute atomic E-state index is 0.0584. The van der Waals surface area contributed by atoms with Gasteiger partial charge in [-0.15, -0.1) is 11.3 Å². The standard InChI is InChI=1S/C14H18N2OS2/c1-3-4-10(2)15-13(17)7-12-9-19-14(16-12)11-5-6-18-8-11/h5-6,8-10H,3-4,7H2,1-2H3,(H,15,17). The molecule has 0 radical (unpaired) electrons. The lowest BCUT2D eigenvalue weighted by Gasteiger charge is -2.11. The van der Waals surface area contributed by atoms with E-state index in [9.17, 15) is 4.79 Å². The summed E-state index contributed by atoms with van der Waals surface area (Å²) in [6.45, 7) is 4.16. The molecule has 5 heteroatoms. The van der Waals surface area contributed by atoms with E-state index in [4.69, 9.17) is 0 Å². The van der Waals surface area contributed by atoms with Gasteiger partial charge >= 0.3 is 0 Å². The minimum Gasteiger partial charge on any atom is -0.353 e. The van der Waals surface area contributed by atoms with Gasteiger partial charge in [-0.3, -0.25) is 4.79 Å². The van der Waals surface area contributed by atoms with Crippen molar-refractivity contribution in [1.29, 1.82) is 0 Å². The van der Waals surface area contributed by atoms with E-state index < -0.39 is 0 Å². The molecule has 0 saturated carbocycles. The number of nitrogens with one attached hydrogen (secondary N) is 1. The van der Waals surface area contributed by atoms with Crippen LogP contribution in [0, 0.1) is 0 Å². The predicted molar refractivity (Wildman–Crippen MR) is 81.6 cm³/mol. The fourth-order valence-corrected chi connectivity index (χ4v) is 3.43. The molecule has 0 aliphatic heterocycles. The molecule has 0 aliphatic carbocycles. The van der Waals surface area contributed by atoms with Crippen LogP contribution in [0.5, 0.6) is 0 Å². The van der Waals surface area contributed by atoms with E-state index >= 15 is 0 Å². The van der Waals surface area contributed by atoms with Crippen molar-refractivity contribution in [2.45, 2.75) is 39.2 Å². The van der Waals surface area contributed by atoms with Gasteiger partial charge in [-0.05, 0) is 24.8 Å². The van der Waals surface area contributed by atoms with E-state index in [0.29, 0.717) is 6.42 Å². The molecule has 0 bridgehead atoms. The molecule has 1 N–H and O–H groups in total. The summed E-state index contributed by atoms with van der Waals surface area (Å²) in [5, 5.41) is 10.1. The molecule has 0 aliphatic rings. The Morgan fingerprint density at radius 3 is 3.00 bits per heavy atom. The molecule has 102 valence electrons. The van der Waals surface area contributed by atoms with Crippen molar-refractivity contribution in [3.8, 4) is 10.6 Å². The molecular weight excluding hydrogens is 276 g/mol. The summed E-state index contributed by atoms with van der Waals surface area (Å²) in [6, 6.07) is 2.30. The van der Waals surface area contributed by atoms with Gasteiger partial charge in [0.25, 0.3) is 0 Å². The Morgan fingerprint density at radius 2 is 2.32 bits per heavy atom. The van der Waals surface area contributed by atoms with Gasteiger partial charge in [0, 0.05) is 22.4 Å². The molecule has 2 aromatic rings. The monoisotopic (exact) mass is 294 g/mol. The highest BCUT2D eigenvalue weighted by Crippen LogP contribution is 2.25. The first kappa shape index (κ1) is 14.2. The van der Waals surface area contributed by atoms with Gasteiger partial charge in [-0.25, -0.2) is 4.98 Å².